The lowest BCUT2D eigenvalue weighted by Crippen LogP contribution is -2.06. The minimum absolute atomic E-state index is 0.303. The third kappa shape index (κ3) is 4.43. The number of benzene rings is 2. The fourth-order valence-electron chi connectivity index (χ4n) is 1.48. The summed E-state index contributed by atoms with van der Waals surface area (Å²) >= 11 is 11.6. The summed E-state index contributed by atoms with van der Waals surface area (Å²) in [6, 6.07) is 14.6. The maximum absolute atomic E-state index is 7.81. The summed E-state index contributed by atoms with van der Waals surface area (Å²) in [6.45, 7) is 0. The van der Waals surface area contributed by atoms with Crippen LogP contribution in [0.1, 0.15) is 5.56 Å². The van der Waals surface area contributed by atoms with Gasteiger partial charge in [0.1, 0.15) is 5.84 Å². The zero-order chi connectivity index (χ0) is 13.7. The van der Waals surface area contributed by atoms with Crippen molar-refractivity contribution in [3.8, 4) is 0 Å². The first-order valence-corrected chi connectivity index (χ1v) is 6.44. The molecule has 4 heteroatoms. The maximum Gasteiger partial charge on any atom is 0.122 e. The smallest absolute Gasteiger partial charge is 0.122 e. The molecule has 0 heterocycles. The number of halogens is 2. The zero-order valence-corrected chi connectivity index (χ0v) is 11.5. The van der Waals surface area contributed by atoms with Crippen LogP contribution in [-0.2, 0) is 0 Å². The normalized spacial score (nSPS) is 10.6. The standard InChI is InChI=1S/C15H12Cl2N2/c16-12-4-1-11(2-5-12)3-10-15(18)19-14-8-6-13(17)7-9-14/h1-10H,(H2,18,19)/b10-3+. The molecule has 2 aromatic rings. The second-order valence-corrected chi connectivity index (χ2v) is 4.80. The van der Waals surface area contributed by atoms with Gasteiger partial charge in [0.05, 0.1) is 0 Å². The largest absolute Gasteiger partial charge is 0.341 e. The van der Waals surface area contributed by atoms with E-state index in [0.29, 0.717) is 15.9 Å². The molecule has 0 atom stereocenters. The van der Waals surface area contributed by atoms with Crippen LogP contribution in [-0.4, -0.2) is 5.84 Å². The Hall–Kier alpha value is -1.77. The Labute approximate surface area is 122 Å². The van der Waals surface area contributed by atoms with E-state index < -0.39 is 0 Å². The van der Waals surface area contributed by atoms with Gasteiger partial charge >= 0.3 is 0 Å². The van der Waals surface area contributed by atoms with Crippen LogP contribution < -0.4 is 5.32 Å². The van der Waals surface area contributed by atoms with E-state index in [4.69, 9.17) is 28.6 Å². The Kier molecular flexibility index (Phi) is 4.61. The SMILES string of the molecule is N=C(/C=C/c1ccc(Cl)cc1)Nc1ccc(Cl)cc1. The molecule has 0 fully saturated rings. The number of hydrogen-bond acceptors (Lipinski definition) is 1. The maximum atomic E-state index is 7.81. The number of rotatable bonds is 3. The second-order valence-electron chi connectivity index (χ2n) is 3.93. The molecule has 2 aromatic carbocycles. The third-order valence-corrected chi connectivity index (χ3v) is 2.94. The first kappa shape index (κ1) is 13.7. The van der Waals surface area contributed by atoms with Gasteiger partial charge in [0.2, 0.25) is 0 Å². The molecule has 2 rings (SSSR count). The zero-order valence-electron chi connectivity index (χ0n) is 10.0. The average molecular weight is 291 g/mol. The van der Waals surface area contributed by atoms with Gasteiger partial charge in [-0.2, -0.15) is 0 Å². The Balaban J connectivity index is 1.97. The van der Waals surface area contributed by atoms with Crippen molar-refractivity contribution in [3.05, 3.63) is 70.2 Å². The Morgan fingerprint density at radius 2 is 1.42 bits per heavy atom. The fraction of sp³-hybridized carbons (Fsp3) is 0. The molecular formula is C15H12Cl2N2. The molecule has 96 valence electrons. The summed E-state index contributed by atoms with van der Waals surface area (Å²) in [5.41, 5.74) is 1.82. The van der Waals surface area contributed by atoms with Crippen molar-refractivity contribution in [1.82, 2.24) is 0 Å². The van der Waals surface area contributed by atoms with Crippen LogP contribution >= 0.6 is 23.2 Å². The van der Waals surface area contributed by atoms with Gasteiger partial charge in [-0.3, -0.25) is 5.41 Å². The van der Waals surface area contributed by atoms with Crippen LogP contribution in [0.3, 0.4) is 0 Å². The summed E-state index contributed by atoms with van der Waals surface area (Å²) in [7, 11) is 0. The number of nitrogens with one attached hydrogen (secondary N) is 2. The van der Waals surface area contributed by atoms with Crippen molar-refractivity contribution in [1.29, 1.82) is 5.41 Å². The van der Waals surface area contributed by atoms with E-state index in [1.54, 1.807) is 18.2 Å². The van der Waals surface area contributed by atoms with Crippen molar-refractivity contribution in [2.24, 2.45) is 0 Å². The highest BCUT2D eigenvalue weighted by Crippen LogP contribution is 2.14. The van der Waals surface area contributed by atoms with Crippen molar-refractivity contribution >= 4 is 40.8 Å². The summed E-state index contributed by atoms with van der Waals surface area (Å²) in [5, 5.41) is 12.2. The quantitative estimate of drug-likeness (QED) is 0.599. The molecule has 0 aromatic heterocycles. The molecule has 0 aliphatic rings. The van der Waals surface area contributed by atoms with Gasteiger partial charge in [-0.25, -0.2) is 0 Å². The predicted molar refractivity (Wildman–Crippen MR) is 83.3 cm³/mol. The Bertz CT molecular complexity index is 587. The molecule has 0 saturated heterocycles. The highest BCUT2D eigenvalue weighted by molar-refractivity contribution is 6.30. The molecule has 0 aliphatic carbocycles. The number of amidine groups is 1. The minimum atomic E-state index is 0.303. The molecule has 0 bridgehead atoms. The lowest BCUT2D eigenvalue weighted by atomic mass is 10.2. The lowest BCUT2D eigenvalue weighted by Gasteiger charge is -2.04. The molecule has 0 radical (unpaired) electrons. The van der Waals surface area contributed by atoms with Gasteiger partial charge < -0.3 is 5.32 Å². The van der Waals surface area contributed by atoms with E-state index in [1.165, 1.54) is 0 Å². The Morgan fingerprint density at radius 1 is 0.895 bits per heavy atom. The molecule has 0 saturated carbocycles. The molecule has 0 unspecified atom stereocenters. The van der Waals surface area contributed by atoms with Crippen LogP contribution in [0, 0.1) is 5.41 Å². The molecule has 2 nitrogen and oxygen atoms in total. The number of anilines is 1. The van der Waals surface area contributed by atoms with E-state index in [9.17, 15) is 0 Å². The van der Waals surface area contributed by atoms with Gasteiger partial charge in [-0.15, -0.1) is 0 Å². The van der Waals surface area contributed by atoms with Gasteiger partial charge in [0.15, 0.2) is 0 Å². The average Bonchev–Trinajstić information content (AvgIpc) is 2.41. The van der Waals surface area contributed by atoms with Gasteiger partial charge in [-0.05, 0) is 48.0 Å². The number of hydrogen-bond donors (Lipinski definition) is 2. The van der Waals surface area contributed by atoms with E-state index in [0.717, 1.165) is 11.3 Å². The molecule has 2 N–H and O–H groups in total. The predicted octanol–water partition coefficient (Wildman–Crippen LogP) is 5.10. The first-order valence-electron chi connectivity index (χ1n) is 5.68. The summed E-state index contributed by atoms with van der Waals surface area (Å²) < 4.78 is 0. The lowest BCUT2D eigenvalue weighted by molar-refractivity contribution is 1.48. The molecule has 0 spiro atoms. The first-order chi connectivity index (χ1) is 9.13. The van der Waals surface area contributed by atoms with Crippen LogP contribution in [0.2, 0.25) is 10.0 Å². The van der Waals surface area contributed by atoms with Crippen LogP contribution in [0.4, 0.5) is 5.69 Å². The van der Waals surface area contributed by atoms with E-state index in [1.807, 2.05) is 42.5 Å². The second kappa shape index (κ2) is 6.41. The van der Waals surface area contributed by atoms with Crippen LogP contribution in [0.5, 0.6) is 0 Å². The van der Waals surface area contributed by atoms with Crippen molar-refractivity contribution < 1.29 is 0 Å². The van der Waals surface area contributed by atoms with Crippen LogP contribution in [0.25, 0.3) is 6.08 Å². The van der Waals surface area contributed by atoms with E-state index >= 15 is 0 Å². The van der Waals surface area contributed by atoms with Gasteiger partial charge in [-0.1, -0.05) is 41.4 Å². The molecule has 0 aliphatic heterocycles. The van der Waals surface area contributed by atoms with Crippen molar-refractivity contribution in [3.63, 3.8) is 0 Å². The third-order valence-electron chi connectivity index (χ3n) is 2.44. The highest BCUT2D eigenvalue weighted by Gasteiger charge is 1.95. The highest BCUT2D eigenvalue weighted by atomic mass is 35.5. The Morgan fingerprint density at radius 3 is 2.00 bits per heavy atom. The van der Waals surface area contributed by atoms with Gasteiger partial charge in [0, 0.05) is 15.7 Å². The molecule has 19 heavy (non-hydrogen) atoms. The minimum Gasteiger partial charge on any atom is -0.341 e. The van der Waals surface area contributed by atoms with Crippen molar-refractivity contribution in [2.45, 2.75) is 0 Å². The fourth-order valence-corrected chi connectivity index (χ4v) is 1.74. The summed E-state index contributed by atoms with van der Waals surface area (Å²) in [6.07, 6.45) is 3.54. The summed E-state index contributed by atoms with van der Waals surface area (Å²) in [5.74, 6) is 0.303. The topological polar surface area (TPSA) is 35.9 Å². The summed E-state index contributed by atoms with van der Waals surface area (Å²) in [4.78, 5) is 0. The molecule has 0 amide bonds. The van der Waals surface area contributed by atoms with Crippen molar-refractivity contribution in [2.75, 3.05) is 5.32 Å². The van der Waals surface area contributed by atoms with E-state index in [2.05, 4.69) is 5.32 Å². The monoisotopic (exact) mass is 290 g/mol. The van der Waals surface area contributed by atoms with E-state index in [-0.39, 0.29) is 0 Å². The van der Waals surface area contributed by atoms with Crippen LogP contribution in [0.15, 0.2) is 54.6 Å². The van der Waals surface area contributed by atoms with Gasteiger partial charge in [0.25, 0.3) is 0 Å². The molecular weight excluding hydrogens is 279 g/mol.